The number of carbonyl (C=O) groups excluding carboxylic acids is 2. The molecule has 5 heteroatoms. The van der Waals surface area contributed by atoms with Gasteiger partial charge in [0.15, 0.2) is 0 Å². The van der Waals surface area contributed by atoms with Crippen molar-refractivity contribution in [3.63, 3.8) is 0 Å². The van der Waals surface area contributed by atoms with E-state index in [1.54, 1.807) is 31.4 Å². The third-order valence-corrected chi connectivity index (χ3v) is 3.69. The van der Waals surface area contributed by atoms with Gasteiger partial charge in [-0.15, -0.1) is 0 Å². The summed E-state index contributed by atoms with van der Waals surface area (Å²) in [5.74, 6) is 0.693. The zero-order valence-corrected chi connectivity index (χ0v) is 14.8. The predicted octanol–water partition coefficient (Wildman–Crippen LogP) is 3.01. The van der Waals surface area contributed by atoms with Crippen LogP contribution in [0.25, 0.3) is 0 Å². The van der Waals surface area contributed by atoms with Crippen LogP contribution in [0.4, 0.5) is 0 Å². The van der Waals surface area contributed by atoms with E-state index in [-0.39, 0.29) is 11.8 Å². The molecule has 25 heavy (non-hydrogen) atoms. The average molecular weight is 340 g/mol. The van der Waals surface area contributed by atoms with Crippen LogP contribution in [-0.4, -0.2) is 25.5 Å². The van der Waals surface area contributed by atoms with Gasteiger partial charge in [0.05, 0.1) is 7.11 Å². The summed E-state index contributed by atoms with van der Waals surface area (Å²) < 4.78 is 5.28. The van der Waals surface area contributed by atoms with Gasteiger partial charge in [0, 0.05) is 29.8 Å². The van der Waals surface area contributed by atoms with Crippen LogP contribution in [-0.2, 0) is 6.54 Å². The molecule has 0 saturated carbocycles. The average Bonchev–Trinajstić information content (AvgIpc) is 2.64. The molecule has 0 aliphatic heterocycles. The summed E-state index contributed by atoms with van der Waals surface area (Å²) in [6, 6.07) is 14.2. The van der Waals surface area contributed by atoms with Crippen LogP contribution in [0, 0.1) is 5.92 Å². The van der Waals surface area contributed by atoms with E-state index in [0.29, 0.717) is 30.1 Å². The van der Waals surface area contributed by atoms with E-state index < -0.39 is 0 Å². The third-order valence-electron chi connectivity index (χ3n) is 3.69. The van der Waals surface area contributed by atoms with Crippen LogP contribution >= 0.6 is 0 Å². The molecule has 0 spiro atoms. The standard InChI is InChI=1S/C20H24N2O3/c1-14(2)12-21-19(23)15-8-6-9-16(11-15)20(24)22-13-17-7-4-5-10-18(17)25-3/h4-11,14H,12-13H2,1-3H3,(H,21,23)(H,22,24). The van der Waals surface area contributed by atoms with Gasteiger partial charge in [0.25, 0.3) is 11.8 Å². The molecular formula is C20H24N2O3. The molecule has 0 unspecified atom stereocenters. The van der Waals surface area contributed by atoms with Gasteiger partial charge in [-0.2, -0.15) is 0 Å². The van der Waals surface area contributed by atoms with E-state index in [4.69, 9.17) is 4.74 Å². The molecule has 0 aliphatic carbocycles. The Balaban J connectivity index is 2.02. The van der Waals surface area contributed by atoms with Crippen molar-refractivity contribution in [2.75, 3.05) is 13.7 Å². The first-order valence-electron chi connectivity index (χ1n) is 8.29. The Bertz CT molecular complexity index is 741. The van der Waals surface area contributed by atoms with Gasteiger partial charge in [-0.25, -0.2) is 0 Å². The van der Waals surface area contributed by atoms with E-state index in [2.05, 4.69) is 10.6 Å². The molecule has 2 aromatic carbocycles. The highest BCUT2D eigenvalue weighted by molar-refractivity contribution is 5.99. The number of amides is 2. The lowest BCUT2D eigenvalue weighted by Gasteiger charge is -2.11. The lowest BCUT2D eigenvalue weighted by molar-refractivity contribution is 0.0949. The molecule has 0 bridgehead atoms. The molecule has 2 amide bonds. The molecule has 2 aromatic rings. The molecule has 2 rings (SSSR count). The summed E-state index contributed by atoms with van der Waals surface area (Å²) in [6.45, 7) is 5.01. The van der Waals surface area contributed by atoms with Crippen molar-refractivity contribution in [3.8, 4) is 5.75 Å². The number of carbonyl (C=O) groups is 2. The molecule has 2 N–H and O–H groups in total. The predicted molar refractivity (Wildman–Crippen MR) is 97.8 cm³/mol. The fourth-order valence-electron chi connectivity index (χ4n) is 2.33. The van der Waals surface area contributed by atoms with E-state index in [1.807, 2.05) is 38.1 Å². The molecule has 132 valence electrons. The Morgan fingerprint density at radius 2 is 1.60 bits per heavy atom. The molecule has 0 saturated heterocycles. The Hall–Kier alpha value is -2.82. The summed E-state index contributed by atoms with van der Waals surface area (Å²) in [6.07, 6.45) is 0. The topological polar surface area (TPSA) is 67.4 Å². The molecule has 5 nitrogen and oxygen atoms in total. The second kappa shape index (κ2) is 8.87. The normalized spacial score (nSPS) is 10.4. The van der Waals surface area contributed by atoms with Crippen LogP contribution in [0.15, 0.2) is 48.5 Å². The first-order chi connectivity index (χ1) is 12.0. The first-order valence-corrected chi connectivity index (χ1v) is 8.29. The summed E-state index contributed by atoms with van der Waals surface area (Å²) >= 11 is 0. The highest BCUT2D eigenvalue weighted by Gasteiger charge is 2.11. The summed E-state index contributed by atoms with van der Waals surface area (Å²) in [7, 11) is 1.60. The molecule has 0 fully saturated rings. The fourth-order valence-corrected chi connectivity index (χ4v) is 2.33. The number of ether oxygens (including phenoxy) is 1. The summed E-state index contributed by atoms with van der Waals surface area (Å²) in [4.78, 5) is 24.5. The largest absolute Gasteiger partial charge is 0.496 e. The molecule has 0 aliphatic rings. The van der Waals surface area contributed by atoms with Crippen molar-refractivity contribution < 1.29 is 14.3 Å². The minimum absolute atomic E-state index is 0.173. The maximum Gasteiger partial charge on any atom is 0.251 e. The van der Waals surface area contributed by atoms with E-state index in [1.165, 1.54) is 0 Å². The Kier molecular flexibility index (Phi) is 6.57. The van der Waals surface area contributed by atoms with Crippen LogP contribution in [0.1, 0.15) is 40.1 Å². The van der Waals surface area contributed by atoms with Gasteiger partial charge in [-0.3, -0.25) is 9.59 Å². The van der Waals surface area contributed by atoms with Gasteiger partial charge < -0.3 is 15.4 Å². The maximum absolute atomic E-state index is 12.4. The lowest BCUT2D eigenvalue weighted by Crippen LogP contribution is -2.28. The number of para-hydroxylation sites is 1. The Morgan fingerprint density at radius 1 is 0.960 bits per heavy atom. The van der Waals surface area contributed by atoms with Crippen molar-refractivity contribution >= 4 is 11.8 Å². The second-order valence-corrected chi connectivity index (χ2v) is 6.18. The zero-order valence-electron chi connectivity index (χ0n) is 14.8. The molecule has 0 atom stereocenters. The van der Waals surface area contributed by atoms with Crippen molar-refractivity contribution in [1.82, 2.24) is 10.6 Å². The Labute approximate surface area is 148 Å². The first kappa shape index (κ1) is 18.5. The van der Waals surface area contributed by atoms with Gasteiger partial charge in [-0.05, 0) is 30.2 Å². The minimum atomic E-state index is -0.232. The monoisotopic (exact) mass is 340 g/mol. The minimum Gasteiger partial charge on any atom is -0.496 e. The Morgan fingerprint density at radius 3 is 2.24 bits per heavy atom. The molecule has 0 radical (unpaired) electrons. The number of hydrogen-bond acceptors (Lipinski definition) is 3. The van der Waals surface area contributed by atoms with E-state index in [9.17, 15) is 9.59 Å². The van der Waals surface area contributed by atoms with Crippen LogP contribution in [0.5, 0.6) is 5.75 Å². The van der Waals surface area contributed by atoms with Crippen LogP contribution < -0.4 is 15.4 Å². The van der Waals surface area contributed by atoms with Gasteiger partial charge >= 0.3 is 0 Å². The lowest BCUT2D eigenvalue weighted by atomic mass is 10.1. The van der Waals surface area contributed by atoms with Gasteiger partial charge in [-0.1, -0.05) is 38.1 Å². The SMILES string of the molecule is COc1ccccc1CNC(=O)c1cccc(C(=O)NCC(C)C)c1. The number of nitrogens with one attached hydrogen (secondary N) is 2. The number of rotatable bonds is 7. The number of hydrogen-bond donors (Lipinski definition) is 2. The molecule has 0 heterocycles. The number of methoxy groups -OCH3 is 1. The van der Waals surface area contributed by atoms with Crippen molar-refractivity contribution in [2.45, 2.75) is 20.4 Å². The molecular weight excluding hydrogens is 316 g/mol. The maximum atomic E-state index is 12.4. The van der Waals surface area contributed by atoms with Gasteiger partial charge in [0.2, 0.25) is 0 Å². The number of benzene rings is 2. The van der Waals surface area contributed by atoms with Gasteiger partial charge in [0.1, 0.15) is 5.75 Å². The van der Waals surface area contributed by atoms with Crippen molar-refractivity contribution in [3.05, 3.63) is 65.2 Å². The third kappa shape index (κ3) is 5.35. The summed E-state index contributed by atoms with van der Waals surface area (Å²) in [5.41, 5.74) is 1.82. The smallest absolute Gasteiger partial charge is 0.251 e. The van der Waals surface area contributed by atoms with Crippen molar-refractivity contribution in [2.24, 2.45) is 5.92 Å². The highest BCUT2D eigenvalue weighted by Crippen LogP contribution is 2.17. The van der Waals surface area contributed by atoms with Crippen LogP contribution in [0.2, 0.25) is 0 Å². The highest BCUT2D eigenvalue weighted by atomic mass is 16.5. The fraction of sp³-hybridized carbons (Fsp3) is 0.300. The quantitative estimate of drug-likeness (QED) is 0.814. The second-order valence-electron chi connectivity index (χ2n) is 6.18. The van der Waals surface area contributed by atoms with E-state index >= 15 is 0 Å². The zero-order chi connectivity index (χ0) is 18.2. The summed E-state index contributed by atoms with van der Waals surface area (Å²) in [5, 5.41) is 5.71. The van der Waals surface area contributed by atoms with E-state index in [0.717, 1.165) is 11.3 Å². The van der Waals surface area contributed by atoms with Crippen LogP contribution in [0.3, 0.4) is 0 Å². The van der Waals surface area contributed by atoms with Crippen molar-refractivity contribution in [1.29, 1.82) is 0 Å². The molecule has 0 aromatic heterocycles.